The van der Waals surface area contributed by atoms with Crippen molar-refractivity contribution in [2.24, 2.45) is 0 Å². The molecular weight excluding hydrogens is 421 g/mol. The minimum absolute atomic E-state index is 0. The number of nitrogens with zero attached hydrogens (tertiary/aromatic N) is 2. The molecule has 2 heterocycles. The predicted octanol–water partition coefficient (Wildman–Crippen LogP) is 5.31. The lowest BCUT2D eigenvalue weighted by atomic mass is 10.0. The van der Waals surface area contributed by atoms with Crippen molar-refractivity contribution in [3.05, 3.63) is 60.3 Å². The van der Waals surface area contributed by atoms with Gasteiger partial charge in [-0.3, -0.25) is 0 Å². The van der Waals surface area contributed by atoms with Crippen LogP contribution in [0.3, 0.4) is 0 Å². The smallest absolute Gasteiger partial charge is 0.119 e. The van der Waals surface area contributed by atoms with Crippen LogP contribution in [-0.2, 0) is 0 Å². The van der Waals surface area contributed by atoms with Crippen molar-refractivity contribution >= 4 is 24.8 Å². The van der Waals surface area contributed by atoms with Gasteiger partial charge in [0, 0.05) is 11.6 Å². The first-order valence-corrected chi connectivity index (χ1v) is 9.96. The number of ether oxygens (including phenoxy) is 1. The van der Waals surface area contributed by atoms with E-state index in [1.165, 1.54) is 19.3 Å². The van der Waals surface area contributed by atoms with Crippen molar-refractivity contribution in [1.82, 2.24) is 15.1 Å². The van der Waals surface area contributed by atoms with Gasteiger partial charge in [0.1, 0.15) is 17.6 Å². The van der Waals surface area contributed by atoms with E-state index in [1.807, 2.05) is 35.1 Å². The number of aromatic hydroxyl groups is 1. The van der Waals surface area contributed by atoms with Gasteiger partial charge in [0.2, 0.25) is 0 Å². The second-order valence-corrected chi connectivity index (χ2v) is 7.51. The first-order chi connectivity index (χ1) is 13.6. The van der Waals surface area contributed by atoms with Crippen LogP contribution in [0.2, 0.25) is 0 Å². The minimum Gasteiger partial charge on any atom is -0.508 e. The molecule has 4 rings (SSSR count). The summed E-state index contributed by atoms with van der Waals surface area (Å²) in [6, 6.07) is 15.7. The third-order valence-electron chi connectivity index (χ3n) is 5.41. The molecule has 162 valence electrons. The highest BCUT2D eigenvalue weighted by Gasteiger charge is 2.21. The summed E-state index contributed by atoms with van der Waals surface area (Å²) in [5, 5.41) is 17.6. The fourth-order valence-corrected chi connectivity index (χ4v) is 3.84. The van der Waals surface area contributed by atoms with Crippen LogP contribution in [0.15, 0.2) is 54.7 Å². The molecule has 0 radical (unpaired) electrons. The van der Waals surface area contributed by atoms with Crippen LogP contribution in [0.5, 0.6) is 11.5 Å². The molecule has 0 spiro atoms. The Hall–Kier alpha value is -2.21. The number of nitrogens with one attached hydrogen (secondary N) is 1. The topological polar surface area (TPSA) is 59.3 Å². The van der Waals surface area contributed by atoms with Crippen molar-refractivity contribution in [2.75, 3.05) is 6.54 Å². The van der Waals surface area contributed by atoms with Crippen molar-refractivity contribution in [2.45, 2.75) is 45.3 Å². The Morgan fingerprint density at radius 2 is 1.77 bits per heavy atom. The molecule has 0 bridgehead atoms. The Morgan fingerprint density at radius 1 is 1.07 bits per heavy atom. The van der Waals surface area contributed by atoms with Gasteiger partial charge < -0.3 is 15.2 Å². The molecule has 0 aliphatic carbocycles. The Balaban J connectivity index is 0.00000160. The molecule has 3 aromatic rings. The molecule has 30 heavy (non-hydrogen) atoms. The number of phenolic OH excluding ortho intramolecular Hbond substituents is 1. The molecule has 1 aliphatic heterocycles. The van der Waals surface area contributed by atoms with E-state index in [2.05, 4.69) is 36.4 Å². The van der Waals surface area contributed by atoms with E-state index >= 15 is 0 Å². The Bertz CT molecular complexity index is 921. The maximum Gasteiger partial charge on any atom is 0.119 e. The number of phenols is 1. The summed E-state index contributed by atoms with van der Waals surface area (Å²) in [6.45, 7) is 5.28. The molecule has 2 aromatic carbocycles. The molecule has 2 atom stereocenters. The monoisotopic (exact) mass is 449 g/mol. The molecule has 0 amide bonds. The fraction of sp³-hybridized carbons (Fsp3) is 0.348. The van der Waals surface area contributed by atoms with Crippen molar-refractivity contribution in [1.29, 1.82) is 0 Å². The van der Waals surface area contributed by atoms with Crippen LogP contribution in [-0.4, -0.2) is 33.6 Å². The molecule has 7 heteroatoms. The summed E-state index contributed by atoms with van der Waals surface area (Å²) in [5.41, 5.74) is 4.14. The van der Waals surface area contributed by atoms with Gasteiger partial charge in [-0.25, -0.2) is 4.68 Å². The number of halogens is 2. The first-order valence-electron chi connectivity index (χ1n) is 9.96. The normalized spacial score (nSPS) is 16.8. The summed E-state index contributed by atoms with van der Waals surface area (Å²) in [4.78, 5) is 0. The molecule has 1 aromatic heterocycles. The van der Waals surface area contributed by atoms with Gasteiger partial charge >= 0.3 is 0 Å². The standard InChI is InChI=1S/C23H27N3O2.2ClH/c1-16-15-25-26(19-8-10-20(27)11-9-19)23(16)18-6-12-21(13-7-18)28-17(2)22-5-3-4-14-24-22;;/h6-13,15,17,22,24,27H,3-5,14H2,1-2H3;2*1H. The number of hydrogen-bond acceptors (Lipinski definition) is 4. The van der Waals surface area contributed by atoms with Crippen LogP contribution in [0.1, 0.15) is 31.7 Å². The fourth-order valence-electron chi connectivity index (χ4n) is 3.84. The quantitative estimate of drug-likeness (QED) is 0.554. The van der Waals surface area contributed by atoms with Crippen LogP contribution in [0.4, 0.5) is 0 Å². The highest BCUT2D eigenvalue weighted by atomic mass is 35.5. The second kappa shape index (κ2) is 10.7. The first kappa shape index (κ1) is 24.1. The lowest BCUT2D eigenvalue weighted by Crippen LogP contribution is -2.44. The molecule has 5 nitrogen and oxygen atoms in total. The molecule has 2 unspecified atom stereocenters. The van der Waals surface area contributed by atoms with Gasteiger partial charge in [0.05, 0.1) is 17.6 Å². The number of rotatable bonds is 5. The third-order valence-corrected chi connectivity index (χ3v) is 5.41. The minimum atomic E-state index is 0. The van der Waals surface area contributed by atoms with Crippen LogP contribution in [0.25, 0.3) is 16.9 Å². The largest absolute Gasteiger partial charge is 0.508 e. The summed E-state index contributed by atoms with van der Waals surface area (Å²) in [7, 11) is 0. The predicted molar refractivity (Wildman–Crippen MR) is 126 cm³/mol. The summed E-state index contributed by atoms with van der Waals surface area (Å²) >= 11 is 0. The van der Waals surface area contributed by atoms with E-state index in [4.69, 9.17) is 4.74 Å². The van der Waals surface area contributed by atoms with Gasteiger partial charge in [-0.05, 0) is 87.3 Å². The SMILES string of the molecule is Cc1cnn(-c2ccc(O)cc2)c1-c1ccc(OC(C)C2CCCCN2)cc1.Cl.Cl. The number of benzene rings is 2. The molecule has 1 fully saturated rings. The summed E-state index contributed by atoms with van der Waals surface area (Å²) < 4.78 is 8.07. The number of aryl methyl sites for hydroxylation is 1. The third kappa shape index (κ3) is 5.28. The lowest BCUT2D eigenvalue weighted by molar-refractivity contribution is 0.152. The number of piperidine rings is 1. The zero-order valence-corrected chi connectivity index (χ0v) is 18.9. The highest BCUT2D eigenvalue weighted by molar-refractivity contribution is 5.85. The maximum absolute atomic E-state index is 9.54. The molecule has 1 aliphatic rings. The van der Waals surface area contributed by atoms with Crippen molar-refractivity contribution in [3.8, 4) is 28.4 Å². The van der Waals surface area contributed by atoms with Crippen LogP contribution >= 0.6 is 24.8 Å². The second-order valence-electron chi connectivity index (χ2n) is 7.51. The highest BCUT2D eigenvalue weighted by Crippen LogP contribution is 2.29. The van der Waals surface area contributed by atoms with Crippen molar-refractivity contribution < 1.29 is 9.84 Å². The zero-order chi connectivity index (χ0) is 19.5. The van der Waals surface area contributed by atoms with Gasteiger partial charge in [0.25, 0.3) is 0 Å². The lowest BCUT2D eigenvalue weighted by Gasteiger charge is -2.29. The average molecular weight is 450 g/mol. The molecule has 0 saturated carbocycles. The Kier molecular flexibility index (Phi) is 8.59. The van der Waals surface area contributed by atoms with Crippen LogP contribution in [0, 0.1) is 6.92 Å². The Labute approximate surface area is 190 Å². The van der Waals surface area contributed by atoms with E-state index in [-0.39, 0.29) is 36.7 Å². The van der Waals surface area contributed by atoms with E-state index in [0.29, 0.717) is 6.04 Å². The molecule has 2 N–H and O–H groups in total. The summed E-state index contributed by atoms with van der Waals surface area (Å²) in [6.07, 6.45) is 5.71. The van der Waals surface area contributed by atoms with Crippen LogP contribution < -0.4 is 10.1 Å². The summed E-state index contributed by atoms with van der Waals surface area (Å²) in [5.74, 6) is 1.13. The molecular formula is C23H29Cl2N3O2. The van der Waals surface area contributed by atoms with E-state index in [1.54, 1.807) is 12.1 Å². The van der Waals surface area contributed by atoms with Gasteiger partial charge in [0.15, 0.2) is 0 Å². The molecule has 1 saturated heterocycles. The van der Waals surface area contributed by atoms with Gasteiger partial charge in [-0.1, -0.05) is 6.42 Å². The van der Waals surface area contributed by atoms with E-state index < -0.39 is 0 Å². The van der Waals surface area contributed by atoms with Gasteiger partial charge in [-0.2, -0.15) is 5.10 Å². The van der Waals surface area contributed by atoms with E-state index in [9.17, 15) is 5.11 Å². The zero-order valence-electron chi connectivity index (χ0n) is 17.2. The average Bonchev–Trinajstić information content (AvgIpc) is 3.11. The van der Waals surface area contributed by atoms with Gasteiger partial charge in [-0.15, -0.1) is 24.8 Å². The number of aromatic nitrogens is 2. The van der Waals surface area contributed by atoms with Crippen molar-refractivity contribution in [3.63, 3.8) is 0 Å². The van der Waals surface area contributed by atoms with E-state index in [0.717, 1.165) is 34.8 Å². The Morgan fingerprint density at radius 3 is 2.40 bits per heavy atom. The number of hydrogen-bond donors (Lipinski definition) is 2. The maximum atomic E-state index is 9.54.